The lowest BCUT2D eigenvalue weighted by molar-refractivity contribution is -0.121. The Hall–Kier alpha value is -0.570. The van der Waals surface area contributed by atoms with E-state index < -0.39 is 0 Å². The van der Waals surface area contributed by atoms with Gasteiger partial charge < -0.3 is 10.6 Å². The molecule has 1 fully saturated rings. The van der Waals surface area contributed by atoms with Crippen LogP contribution >= 0.6 is 0 Å². The Labute approximate surface area is 106 Å². The van der Waals surface area contributed by atoms with E-state index in [0.717, 1.165) is 25.9 Å². The van der Waals surface area contributed by atoms with Crippen LogP contribution in [0, 0.1) is 0 Å². The molecular formula is C14H28N2O. The number of carbonyl (C=O) groups excluding carboxylic acids is 1. The maximum absolute atomic E-state index is 11.6. The van der Waals surface area contributed by atoms with E-state index in [0.29, 0.717) is 12.5 Å². The fourth-order valence-electron chi connectivity index (χ4n) is 2.34. The van der Waals surface area contributed by atoms with Crippen LogP contribution in [-0.2, 0) is 4.79 Å². The van der Waals surface area contributed by atoms with Gasteiger partial charge in [0.1, 0.15) is 0 Å². The molecule has 0 aromatic heterocycles. The predicted molar refractivity (Wildman–Crippen MR) is 72.0 cm³/mol. The Kier molecular flexibility index (Phi) is 8.06. The van der Waals surface area contributed by atoms with Crippen molar-refractivity contribution in [2.45, 2.75) is 70.8 Å². The first-order chi connectivity index (χ1) is 8.33. The third-order valence-electron chi connectivity index (χ3n) is 3.48. The Morgan fingerprint density at radius 2 is 2.18 bits per heavy atom. The highest BCUT2D eigenvalue weighted by Gasteiger charge is 2.13. The second-order valence-electron chi connectivity index (χ2n) is 5.10. The number of piperidine rings is 1. The Morgan fingerprint density at radius 1 is 1.29 bits per heavy atom. The fraction of sp³-hybridized carbons (Fsp3) is 0.929. The first-order valence-corrected chi connectivity index (χ1v) is 7.33. The summed E-state index contributed by atoms with van der Waals surface area (Å²) in [4.78, 5) is 11.6. The highest BCUT2D eigenvalue weighted by molar-refractivity contribution is 5.75. The topological polar surface area (TPSA) is 41.1 Å². The molecule has 1 saturated heterocycles. The van der Waals surface area contributed by atoms with Crippen molar-refractivity contribution in [2.75, 3.05) is 13.1 Å². The quantitative estimate of drug-likeness (QED) is 0.640. The smallest absolute Gasteiger partial charge is 0.220 e. The van der Waals surface area contributed by atoms with Crippen molar-refractivity contribution in [3.8, 4) is 0 Å². The standard InChI is InChI=1S/C14H28N2O/c1-2-3-4-6-12-16-14(17)10-9-13-8-5-7-11-15-13/h13,15H,2-12H2,1H3,(H,16,17). The van der Waals surface area contributed by atoms with Gasteiger partial charge in [-0.2, -0.15) is 0 Å². The molecule has 0 aromatic carbocycles. The lowest BCUT2D eigenvalue weighted by atomic mass is 10.0. The lowest BCUT2D eigenvalue weighted by Gasteiger charge is -2.23. The van der Waals surface area contributed by atoms with Gasteiger partial charge in [0.25, 0.3) is 0 Å². The monoisotopic (exact) mass is 240 g/mol. The van der Waals surface area contributed by atoms with Crippen molar-refractivity contribution >= 4 is 5.91 Å². The zero-order chi connectivity index (χ0) is 12.3. The van der Waals surface area contributed by atoms with Gasteiger partial charge in [-0.1, -0.05) is 32.6 Å². The van der Waals surface area contributed by atoms with E-state index >= 15 is 0 Å². The SMILES string of the molecule is CCCCCCNC(=O)CCC1CCCCN1. The number of carbonyl (C=O) groups is 1. The third kappa shape index (κ3) is 7.37. The van der Waals surface area contributed by atoms with E-state index in [1.54, 1.807) is 0 Å². The Morgan fingerprint density at radius 3 is 2.88 bits per heavy atom. The maximum Gasteiger partial charge on any atom is 0.220 e. The Balaban J connectivity index is 1.93. The zero-order valence-electron chi connectivity index (χ0n) is 11.3. The molecule has 0 aromatic rings. The van der Waals surface area contributed by atoms with Crippen LogP contribution in [0.4, 0.5) is 0 Å². The van der Waals surface area contributed by atoms with Gasteiger partial charge in [0, 0.05) is 19.0 Å². The molecule has 1 rings (SSSR count). The van der Waals surface area contributed by atoms with E-state index in [1.807, 2.05) is 0 Å². The van der Waals surface area contributed by atoms with E-state index in [9.17, 15) is 4.79 Å². The summed E-state index contributed by atoms with van der Waals surface area (Å²) in [7, 11) is 0. The summed E-state index contributed by atoms with van der Waals surface area (Å²) in [6.07, 6.45) is 10.4. The molecule has 1 aliphatic heterocycles. The summed E-state index contributed by atoms with van der Waals surface area (Å²) < 4.78 is 0. The number of rotatable bonds is 8. The average molecular weight is 240 g/mol. The van der Waals surface area contributed by atoms with Crippen molar-refractivity contribution in [1.82, 2.24) is 10.6 Å². The van der Waals surface area contributed by atoms with E-state index in [-0.39, 0.29) is 5.91 Å². The number of nitrogens with one attached hydrogen (secondary N) is 2. The molecule has 1 aliphatic rings. The van der Waals surface area contributed by atoms with E-state index in [1.165, 1.54) is 38.5 Å². The van der Waals surface area contributed by atoms with Gasteiger partial charge >= 0.3 is 0 Å². The minimum absolute atomic E-state index is 0.230. The summed E-state index contributed by atoms with van der Waals surface area (Å²) in [5, 5.41) is 6.49. The molecule has 1 atom stereocenters. The van der Waals surface area contributed by atoms with Gasteiger partial charge in [-0.3, -0.25) is 4.79 Å². The number of unbranched alkanes of at least 4 members (excludes halogenated alkanes) is 3. The van der Waals surface area contributed by atoms with Crippen LogP contribution in [-0.4, -0.2) is 25.0 Å². The first-order valence-electron chi connectivity index (χ1n) is 7.33. The predicted octanol–water partition coefficient (Wildman–Crippen LogP) is 2.61. The van der Waals surface area contributed by atoms with Crippen LogP contribution < -0.4 is 10.6 Å². The summed E-state index contributed by atoms with van der Waals surface area (Å²) in [6, 6.07) is 0.578. The van der Waals surface area contributed by atoms with Gasteiger partial charge in [0.05, 0.1) is 0 Å². The summed E-state index contributed by atoms with van der Waals surface area (Å²) >= 11 is 0. The van der Waals surface area contributed by atoms with E-state index in [2.05, 4.69) is 17.6 Å². The van der Waals surface area contributed by atoms with Crippen molar-refractivity contribution in [3.05, 3.63) is 0 Å². The number of hydrogen-bond donors (Lipinski definition) is 2. The molecule has 3 nitrogen and oxygen atoms in total. The highest BCUT2D eigenvalue weighted by atomic mass is 16.1. The molecule has 2 N–H and O–H groups in total. The summed E-state index contributed by atoms with van der Waals surface area (Å²) in [6.45, 7) is 4.19. The van der Waals surface area contributed by atoms with Crippen molar-refractivity contribution in [3.63, 3.8) is 0 Å². The molecule has 100 valence electrons. The Bertz CT molecular complexity index is 200. The molecular weight excluding hydrogens is 212 g/mol. The second kappa shape index (κ2) is 9.46. The minimum Gasteiger partial charge on any atom is -0.356 e. The number of hydrogen-bond acceptors (Lipinski definition) is 2. The molecule has 17 heavy (non-hydrogen) atoms. The first kappa shape index (κ1) is 14.5. The molecule has 1 unspecified atom stereocenters. The lowest BCUT2D eigenvalue weighted by Crippen LogP contribution is -2.35. The van der Waals surface area contributed by atoms with Gasteiger partial charge in [-0.15, -0.1) is 0 Å². The minimum atomic E-state index is 0.230. The molecule has 0 saturated carbocycles. The van der Waals surface area contributed by atoms with Gasteiger partial charge in [-0.25, -0.2) is 0 Å². The number of amides is 1. The summed E-state index contributed by atoms with van der Waals surface area (Å²) in [5.74, 6) is 0.230. The molecule has 0 bridgehead atoms. The fourth-order valence-corrected chi connectivity index (χ4v) is 2.34. The van der Waals surface area contributed by atoms with Gasteiger partial charge in [-0.05, 0) is 32.2 Å². The molecule has 0 spiro atoms. The average Bonchev–Trinajstić information content (AvgIpc) is 2.37. The van der Waals surface area contributed by atoms with Crippen LogP contribution in [0.2, 0.25) is 0 Å². The van der Waals surface area contributed by atoms with Crippen LogP contribution in [0.15, 0.2) is 0 Å². The van der Waals surface area contributed by atoms with Crippen LogP contribution in [0.3, 0.4) is 0 Å². The molecule has 0 aliphatic carbocycles. The molecule has 0 radical (unpaired) electrons. The molecule has 1 heterocycles. The van der Waals surface area contributed by atoms with Gasteiger partial charge in [0.2, 0.25) is 5.91 Å². The molecule has 1 amide bonds. The largest absolute Gasteiger partial charge is 0.356 e. The second-order valence-corrected chi connectivity index (χ2v) is 5.10. The van der Waals surface area contributed by atoms with Crippen molar-refractivity contribution < 1.29 is 4.79 Å². The van der Waals surface area contributed by atoms with E-state index in [4.69, 9.17) is 0 Å². The maximum atomic E-state index is 11.6. The van der Waals surface area contributed by atoms with Gasteiger partial charge in [0.15, 0.2) is 0 Å². The molecule has 3 heteroatoms. The third-order valence-corrected chi connectivity index (χ3v) is 3.48. The van der Waals surface area contributed by atoms with Crippen molar-refractivity contribution in [2.24, 2.45) is 0 Å². The summed E-state index contributed by atoms with van der Waals surface area (Å²) in [5.41, 5.74) is 0. The van der Waals surface area contributed by atoms with Crippen LogP contribution in [0.5, 0.6) is 0 Å². The highest BCUT2D eigenvalue weighted by Crippen LogP contribution is 2.11. The van der Waals surface area contributed by atoms with Crippen LogP contribution in [0.1, 0.15) is 64.7 Å². The van der Waals surface area contributed by atoms with Crippen LogP contribution in [0.25, 0.3) is 0 Å². The zero-order valence-corrected chi connectivity index (χ0v) is 11.3. The normalized spacial score (nSPS) is 20.2. The van der Waals surface area contributed by atoms with Crippen molar-refractivity contribution in [1.29, 1.82) is 0 Å².